The van der Waals surface area contributed by atoms with Crippen molar-refractivity contribution in [1.82, 2.24) is 15.6 Å². The molecule has 1 aromatic heterocycles. The van der Waals surface area contributed by atoms with E-state index in [4.69, 9.17) is 16.3 Å². The Morgan fingerprint density at radius 1 is 1.17 bits per heavy atom. The van der Waals surface area contributed by atoms with E-state index in [1.54, 1.807) is 6.20 Å². The Morgan fingerprint density at radius 2 is 1.90 bits per heavy atom. The smallest absolute Gasteiger partial charge is 0.270 e. The fraction of sp³-hybridized carbons (Fsp3) is 0.409. The normalized spacial score (nSPS) is 24.1. The Kier molecular flexibility index (Phi) is 5.40. The third kappa shape index (κ3) is 4.12. The highest BCUT2D eigenvalue weighted by atomic mass is 35.5. The van der Waals surface area contributed by atoms with Crippen molar-refractivity contribution in [3.05, 3.63) is 58.6 Å². The number of ether oxygens (including phenoxy) is 1. The van der Waals surface area contributed by atoms with Gasteiger partial charge in [0.15, 0.2) is 6.61 Å². The van der Waals surface area contributed by atoms with E-state index in [1.807, 2.05) is 19.1 Å². The number of carbonyl (C=O) groups excluding carboxylic acids is 2. The van der Waals surface area contributed by atoms with Gasteiger partial charge in [0.05, 0.1) is 5.02 Å². The Morgan fingerprint density at radius 3 is 2.60 bits per heavy atom. The summed E-state index contributed by atoms with van der Waals surface area (Å²) >= 11 is 5.64. The summed E-state index contributed by atoms with van der Waals surface area (Å²) in [5.74, 6) is -0.805. The van der Waals surface area contributed by atoms with Gasteiger partial charge in [0.2, 0.25) is 0 Å². The molecule has 2 aromatic rings. The molecular formula is C22H23ClFN3O3. The molecule has 158 valence electrons. The van der Waals surface area contributed by atoms with Crippen molar-refractivity contribution in [3.63, 3.8) is 0 Å². The number of amides is 2. The molecule has 0 aliphatic heterocycles. The summed E-state index contributed by atoms with van der Waals surface area (Å²) < 4.78 is 18.8. The average Bonchev–Trinajstić information content (AvgIpc) is 3.23. The molecule has 3 saturated carbocycles. The van der Waals surface area contributed by atoms with Crippen molar-refractivity contribution in [2.24, 2.45) is 0 Å². The number of hydrogen-bond donors (Lipinski definition) is 2. The number of halogens is 2. The number of aryl methyl sites for hydroxylation is 1. The van der Waals surface area contributed by atoms with Crippen LogP contribution in [0.15, 0.2) is 36.5 Å². The molecule has 0 unspecified atom stereocenters. The summed E-state index contributed by atoms with van der Waals surface area (Å²) in [5.41, 5.74) is 0.863. The van der Waals surface area contributed by atoms with E-state index in [1.165, 1.54) is 12.1 Å². The van der Waals surface area contributed by atoms with Crippen LogP contribution in [0.3, 0.4) is 0 Å². The Balaban J connectivity index is 1.29. The Hall–Kier alpha value is -2.67. The molecule has 0 radical (unpaired) electrons. The molecule has 1 aromatic carbocycles. The van der Waals surface area contributed by atoms with Gasteiger partial charge < -0.3 is 15.4 Å². The van der Waals surface area contributed by atoms with E-state index in [0.717, 1.165) is 30.9 Å². The maximum Gasteiger partial charge on any atom is 0.270 e. The lowest BCUT2D eigenvalue weighted by Crippen LogP contribution is -2.65. The lowest BCUT2D eigenvalue weighted by Gasteiger charge is -2.48. The minimum atomic E-state index is -0.595. The van der Waals surface area contributed by atoms with Crippen LogP contribution in [-0.2, 0) is 11.2 Å². The van der Waals surface area contributed by atoms with Crippen molar-refractivity contribution >= 4 is 23.4 Å². The summed E-state index contributed by atoms with van der Waals surface area (Å²) in [4.78, 5) is 29.1. The molecule has 2 bridgehead atoms. The minimum absolute atomic E-state index is 0.00104. The van der Waals surface area contributed by atoms with E-state index in [9.17, 15) is 14.0 Å². The topological polar surface area (TPSA) is 80.3 Å². The van der Waals surface area contributed by atoms with Crippen LogP contribution in [0.2, 0.25) is 5.02 Å². The van der Waals surface area contributed by atoms with Crippen LogP contribution in [0.4, 0.5) is 4.39 Å². The summed E-state index contributed by atoms with van der Waals surface area (Å²) in [6.07, 6.45) is 5.44. The predicted octanol–water partition coefficient (Wildman–Crippen LogP) is 3.43. The van der Waals surface area contributed by atoms with Gasteiger partial charge in [0.1, 0.15) is 17.3 Å². The first-order chi connectivity index (χ1) is 14.3. The van der Waals surface area contributed by atoms with Crippen molar-refractivity contribution in [1.29, 1.82) is 0 Å². The molecule has 2 amide bonds. The van der Waals surface area contributed by atoms with Crippen molar-refractivity contribution in [2.75, 3.05) is 6.61 Å². The van der Waals surface area contributed by atoms with Crippen LogP contribution in [0, 0.1) is 5.82 Å². The van der Waals surface area contributed by atoms with Gasteiger partial charge in [-0.1, -0.05) is 18.5 Å². The summed E-state index contributed by atoms with van der Waals surface area (Å²) in [7, 11) is 0. The van der Waals surface area contributed by atoms with Gasteiger partial charge in [-0.15, -0.1) is 0 Å². The molecule has 5 rings (SSSR count). The monoisotopic (exact) mass is 431 g/mol. The summed E-state index contributed by atoms with van der Waals surface area (Å²) in [6.45, 7) is 1.82. The predicted molar refractivity (Wildman–Crippen MR) is 110 cm³/mol. The van der Waals surface area contributed by atoms with Crippen LogP contribution < -0.4 is 15.4 Å². The number of benzene rings is 1. The van der Waals surface area contributed by atoms with E-state index >= 15 is 0 Å². The first-order valence-corrected chi connectivity index (χ1v) is 10.4. The molecule has 6 nitrogen and oxygen atoms in total. The van der Waals surface area contributed by atoms with Crippen LogP contribution in [0.5, 0.6) is 5.75 Å². The molecule has 0 saturated heterocycles. The maximum atomic E-state index is 13.5. The number of rotatable bonds is 7. The summed E-state index contributed by atoms with van der Waals surface area (Å²) in [5, 5.41) is 6.14. The zero-order chi connectivity index (χ0) is 21.4. The molecule has 8 heteroatoms. The molecule has 0 spiro atoms. The molecule has 0 atom stereocenters. The van der Waals surface area contributed by atoms with Gasteiger partial charge in [0, 0.05) is 23.3 Å². The quantitative estimate of drug-likeness (QED) is 0.703. The van der Waals surface area contributed by atoms with Gasteiger partial charge in [-0.3, -0.25) is 14.6 Å². The molecule has 30 heavy (non-hydrogen) atoms. The fourth-order valence-corrected chi connectivity index (χ4v) is 4.67. The third-order valence-corrected chi connectivity index (χ3v) is 6.25. The SMILES string of the molecule is CCc1ccnc(C(=O)NC23CCC(NC(=O)COc4ccc(Cl)c(F)c4)(C2)C3)c1. The van der Waals surface area contributed by atoms with Gasteiger partial charge in [0.25, 0.3) is 11.8 Å². The number of aromatic nitrogens is 1. The maximum absolute atomic E-state index is 13.5. The zero-order valence-electron chi connectivity index (χ0n) is 16.6. The first-order valence-electron chi connectivity index (χ1n) is 9.98. The Labute approximate surface area is 179 Å². The number of hydrogen-bond acceptors (Lipinski definition) is 4. The van der Waals surface area contributed by atoms with Gasteiger partial charge >= 0.3 is 0 Å². The first kappa shape index (κ1) is 20.6. The molecule has 3 aliphatic rings. The van der Waals surface area contributed by atoms with Gasteiger partial charge in [-0.25, -0.2) is 4.39 Å². The van der Waals surface area contributed by atoms with Gasteiger partial charge in [-0.2, -0.15) is 0 Å². The highest BCUT2D eigenvalue weighted by Crippen LogP contribution is 2.55. The minimum Gasteiger partial charge on any atom is -0.484 e. The second-order valence-electron chi connectivity index (χ2n) is 8.18. The van der Waals surface area contributed by atoms with Crippen molar-refractivity contribution < 1.29 is 18.7 Å². The summed E-state index contributed by atoms with van der Waals surface area (Å²) in [6, 6.07) is 7.75. The standard InChI is InChI=1S/C22H23ClFN3O3/c1-2-14-5-8-25-18(9-14)20(29)27-22-7-6-21(12-22,13-22)26-19(28)11-30-15-3-4-16(23)17(24)10-15/h3-5,8-10H,2,6-7,11-13H2,1H3,(H,26,28)(H,27,29). The lowest BCUT2D eigenvalue weighted by atomic mass is 9.71. The van der Waals surface area contributed by atoms with Crippen LogP contribution >= 0.6 is 11.6 Å². The lowest BCUT2D eigenvalue weighted by molar-refractivity contribution is -0.126. The number of fused-ring (bicyclic) bond motifs is 1. The molecular weight excluding hydrogens is 409 g/mol. The van der Waals surface area contributed by atoms with E-state index in [0.29, 0.717) is 18.5 Å². The second-order valence-corrected chi connectivity index (χ2v) is 8.59. The van der Waals surface area contributed by atoms with Crippen LogP contribution in [0.1, 0.15) is 48.7 Å². The van der Waals surface area contributed by atoms with E-state index in [-0.39, 0.29) is 40.3 Å². The van der Waals surface area contributed by atoms with Crippen molar-refractivity contribution in [3.8, 4) is 5.75 Å². The third-order valence-electron chi connectivity index (χ3n) is 5.95. The molecule has 1 heterocycles. The molecule has 2 N–H and O–H groups in total. The largest absolute Gasteiger partial charge is 0.484 e. The van der Waals surface area contributed by atoms with Gasteiger partial charge in [-0.05, 0) is 61.9 Å². The Bertz CT molecular complexity index is 991. The fourth-order valence-electron chi connectivity index (χ4n) is 4.55. The number of pyridine rings is 1. The number of nitrogens with one attached hydrogen (secondary N) is 2. The number of carbonyl (C=O) groups is 2. The number of nitrogens with zero attached hydrogens (tertiary/aromatic N) is 1. The average molecular weight is 432 g/mol. The van der Waals surface area contributed by atoms with Crippen LogP contribution in [0.25, 0.3) is 0 Å². The van der Waals surface area contributed by atoms with Crippen LogP contribution in [-0.4, -0.2) is 34.5 Å². The van der Waals surface area contributed by atoms with E-state index < -0.39 is 5.82 Å². The highest BCUT2D eigenvalue weighted by molar-refractivity contribution is 6.30. The second kappa shape index (κ2) is 7.87. The molecule has 3 aliphatic carbocycles. The van der Waals surface area contributed by atoms with E-state index in [2.05, 4.69) is 15.6 Å². The van der Waals surface area contributed by atoms with Crippen molar-refractivity contribution in [2.45, 2.75) is 50.1 Å². The highest BCUT2D eigenvalue weighted by Gasteiger charge is 2.62. The molecule has 3 fully saturated rings. The zero-order valence-corrected chi connectivity index (χ0v) is 17.4.